The Hall–Kier alpha value is -3.53. The van der Waals surface area contributed by atoms with E-state index in [-0.39, 0.29) is 24.3 Å². The molecule has 44 heavy (non-hydrogen) atoms. The summed E-state index contributed by atoms with van der Waals surface area (Å²) in [6.45, 7) is 10.7. The quantitative estimate of drug-likeness (QED) is 0.191. The molecule has 2 heterocycles. The highest BCUT2D eigenvalue weighted by Gasteiger charge is 2.31. The number of benzene rings is 2. The van der Waals surface area contributed by atoms with Crippen LogP contribution < -0.4 is 9.64 Å². The summed E-state index contributed by atoms with van der Waals surface area (Å²) >= 11 is 0. The van der Waals surface area contributed by atoms with Gasteiger partial charge in [0.05, 0.1) is 57.4 Å². The van der Waals surface area contributed by atoms with Crippen LogP contribution in [0, 0.1) is 18.2 Å². The maximum atomic E-state index is 13.2. The number of rotatable bonds is 16. The van der Waals surface area contributed by atoms with Crippen LogP contribution in [-0.2, 0) is 38.5 Å². The fraction of sp³-hybridized carbons (Fsp3) is 0.486. The van der Waals surface area contributed by atoms with Crippen molar-refractivity contribution in [1.29, 1.82) is 0 Å². The van der Waals surface area contributed by atoms with Gasteiger partial charge in [-0.05, 0) is 60.6 Å². The lowest BCUT2D eigenvalue weighted by Crippen LogP contribution is -2.38. The van der Waals surface area contributed by atoms with Gasteiger partial charge in [0.1, 0.15) is 11.6 Å². The minimum atomic E-state index is -0.908. The van der Waals surface area contributed by atoms with Crippen LogP contribution in [0.5, 0.6) is 5.75 Å². The van der Waals surface area contributed by atoms with Crippen LogP contribution in [0.25, 0.3) is 11.1 Å². The molecule has 0 spiro atoms. The maximum absolute atomic E-state index is 13.2. The molecule has 0 aliphatic carbocycles. The predicted octanol–water partition coefficient (Wildman–Crippen LogP) is 6.25. The normalized spacial score (nSPS) is 14.5. The van der Waals surface area contributed by atoms with E-state index in [0.717, 1.165) is 59.8 Å². The van der Waals surface area contributed by atoms with E-state index >= 15 is 0 Å². The molecular formula is C35H45FN2O6. The number of hydrogen-bond acceptors (Lipinski definition) is 7. The number of carbonyl (C=O) groups is 1. The Morgan fingerprint density at radius 3 is 2.27 bits per heavy atom. The third-order valence-corrected chi connectivity index (χ3v) is 8.05. The molecule has 9 heteroatoms. The molecule has 0 unspecified atom stereocenters. The lowest BCUT2D eigenvalue weighted by atomic mass is 9.82. The predicted molar refractivity (Wildman–Crippen MR) is 169 cm³/mol. The average Bonchev–Trinajstić information content (AvgIpc) is 2.99. The molecule has 1 fully saturated rings. The summed E-state index contributed by atoms with van der Waals surface area (Å²) in [5.41, 5.74) is 6.20. The second-order valence-corrected chi connectivity index (χ2v) is 12.0. The molecule has 4 rings (SSSR count). The van der Waals surface area contributed by atoms with E-state index in [1.54, 1.807) is 19.2 Å². The number of anilines is 1. The molecule has 1 aliphatic rings. The lowest BCUT2D eigenvalue weighted by Gasteiger charge is -2.40. The van der Waals surface area contributed by atoms with Crippen molar-refractivity contribution in [2.45, 2.75) is 53.1 Å². The van der Waals surface area contributed by atoms with Crippen LogP contribution in [-0.4, -0.2) is 69.3 Å². The van der Waals surface area contributed by atoms with Crippen molar-refractivity contribution in [3.05, 3.63) is 76.9 Å². The molecule has 0 bridgehead atoms. The zero-order valence-corrected chi connectivity index (χ0v) is 26.4. The Morgan fingerprint density at radius 1 is 0.955 bits per heavy atom. The highest BCUT2D eigenvalue weighted by Crippen LogP contribution is 2.42. The van der Waals surface area contributed by atoms with Crippen LogP contribution >= 0.6 is 0 Å². The number of aryl methyl sites for hydroxylation is 1. The van der Waals surface area contributed by atoms with Crippen LogP contribution in [0.4, 0.5) is 10.1 Å². The Kier molecular flexibility index (Phi) is 12.1. The summed E-state index contributed by atoms with van der Waals surface area (Å²) < 4.78 is 35.6. The van der Waals surface area contributed by atoms with Gasteiger partial charge in [0.15, 0.2) is 0 Å². The van der Waals surface area contributed by atoms with Crippen molar-refractivity contribution in [1.82, 2.24) is 4.98 Å². The maximum Gasteiger partial charge on any atom is 0.307 e. The summed E-state index contributed by atoms with van der Waals surface area (Å²) in [4.78, 5) is 19.4. The van der Waals surface area contributed by atoms with E-state index in [1.165, 1.54) is 12.1 Å². The van der Waals surface area contributed by atoms with Crippen LogP contribution in [0.3, 0.4) is 0 Å². The zero-order chi connectivity index (χ0) is 31.5. The first-order chi connectivity index (χ1) is 21.2. The van der Waals surface area contributed by atoms with E-state index in [9.17, 15) is 14.3 Å². The Bertz CT molecular complexity index is 1350. The lowest BCUT2D eigenvalue weighted by molar-refractivity contribution is -0.136. The molecule has 1 aromatic heterocycles. The number of methoxy groups -OCH3 is 1. The van der Waals surface area contributed by atoms with Gasteiger partial charge in [-0.25, -0.2) is 4.39 Å². The minimum Gasteiger partial charge on any atom is -0.493 e. The summed E-state index contributed by atoms with van der Waals surface area (Å²) in [5.74, 6) is -0.432. The van der Waals surface area contributed by atoms with E-state index in [1.807, 2.05) is 31.2 Å². The summed E-state index contributed by atoms with van der Waals surface area (Å²) in [7, 11) is 1.63. The second-order valence-electron chi connectivity index (χ2n) is 12.0. The van der Waals surface area contributed by atoms with Crippen LogP contribution in [0.2, 0.25) is 0 Å². The molecule has 0 saturated carbocycles. The van der Waals surface area contributed by atoms with Gasteiger partial charge in [-0.15, -0.1) is 0 Å². The third-order valence-electron chi connectivity index (χ3n) is 8.05. The average molecular weight is 609 g/mol. The van der Waals surface area contributed by atoms with Crippen molar-refractivity contribution in [2.24, 2.45) is 5.41 Å². The number of ether oxygens (including phenoxy) is 4. The van der Waals surface area contributed by atoms with Crippen molar-refractivity contribution in [3.8, 4) is 16.9 Å². The highest BCUT2D eigenvalue weighted by atomic mass is 19.1. The fourth-order valence-electron chi connectivity index (χ4n) is 5.46. The number of aromatic nitrogens is 1. The first-order valence-corrected chi connectivity index (χ1v) is 15.3. The van der Waals surface area contributed by atoms with E-state index in [0.29, 0.717) is 50.7 Å². The number of pyridine rings is 1. The molecular weight excluding hydrogens is 563 g/mol. The van der Waals surface area contributed by atoms with Crippen molar-refractivity contribution >= 4 is 11.7 Å². The van der Waals surface area contributed by atoms with Gasteiger partial charge < -0.3 is 29.0 Å². The molecule has 1 saturated heterocycles. The Morgan fingerprint density at radius 2 is 1.61 bits per heavy atom. The van der Waals surface area contributed by atoms with Crippen LogP contribution in [0.1, 0.15) is 49.2 Å². The zero-order valence-electron chi connectivity index (χ0n) is 26.4. The second kappa shape index (κ2) is 16.0. The monoisotopic (exact) mass is 608 g/mol. The number of hydrogen-bond donors (Lipinski definition) is 1. The third kappa shape index (κ3) is 9.48. The number of nitrogens with zero attached hydrogens (tertiary/aromatic N) is 2. The molecule has 0 atom stereocenters. The van der Waals surface area contributed by atoms with Gasteiger partial charge >= 0.3 is 5.97 Å². The highest BCUT2D eigenvalue weighted by molar-refractivity contribution is 5.86. The van der Waals surface area contributed by atoms with Gasteiger partial charge in [-0.1, -0.05) is 38.1 Å². The smallest absolute Gasteiger partial charge is 0.307 e. The van der Waals surface area contributed by atoms with E-state index in [4.69, 9.17) is 23.9 Å². The topological polar surface area (TPSA) is 90.4 Å². The van der Waals surface area contributed by atoms with Gasteiger partial charge in [0.25, 0.3) is 0 Å². The van der Waals surface area contributed by atoms with Crippen molar-refractivity contribution in [3.63, 3.8) is 0 Å². The number of halogens is 1. The minimum absolute atomic E-state index is 0.150. The van der Waals surface area contributed by atoms with Gasteiger partial charge in [-0.2, -0.15) is 0 Å². The number of aliphatic carboxylic acids is 1. The molecule has 1 aliphatic heterocycles. The Labute approximate surface area is 260 Å². The molecule has 8 nitrogen and oxygen atoms in total. The van der Waals surface area contributed by atoms with Gasteiger partial charge in [0, 0.05) is 43.4 Å². The number of carboxylic acids is 1. The first kappa shape index (κ1) is 33.4. The first-order valence-electron chi connectivity index (χ1n) is 15.3. The number of carboxylic acid groups (broad SMARTS) is 1. The molecule has 1 N–H and O–H groups in total. The van der Waals surface area contributed by atoms with Gasteiger partial charge in [0.2, 0.25) is 0 Å². The Balaban J connectivity index is 1.60. The molecule has 0 radical (unpaired) electrons. The van der Waals surface area contributed by atoms with Crippen LogP contribution in [0.15, 0.2) is 48.5 Å². The summed E-state index contributed by atoms with van der Waals surface area (Å²) in [6, 6.07) is 14.3. The van der Waals surface area contributed by atoms with Crippen molar-refractivity contribution in [2.75, 3.05) is 58.1 Å². The molecule has 238 valence electrons. The van der Waals surface area contributed by atoms with Gasteiger partial charge in [-0.3, -0.25) is 9.78 Å². The van der Waals surface area contributed by atoms with E-state index in [2.05, 4.69) is 18.7 Å². The molecule has 2 aromatic carbocycles. The number of piperidine rings is 1. The molecule has 0 amide bonds. The SMILES string of the molecule is COCCOCCOCc1nc(C)c(-c2ccc(OCCc3ccc(F)cc3)cc2)c(N2CCC(C)(C)CC2)c1CC(=O)O. The fourth-order valence-corrected chi connectivity index (χ4v) is 5.46. The summed E-state index contributed by atoms with van der Waals surface area (Å²) in [5, 5.41) is 9.98. The summed E-state index contributed by atoms with van der Waals surface area (Å²) in [6.07, 6.45) is 2.53. The van der Waals surface area contributed by atoms with Crippen molar-refractivity contribution < 1.29 is 33.2 Å². The van der Waals surface area contributed by atoms with E-state index < -0.39 is 5.97 Å². The molecule has 3 aromatic rings. The standard InChI is InChI=1S/C35H45FN2O6/c1-25-33(27-7-11-29(12-8-27)44-18-13-26-5-9-28(36)10-6-26)34(38-16-14-35(2,3)15-17-38)30(23-32(39)40)31(37-25)24-43-22-21-42-20-19-41-4/h5-12H,13-24H2,1-4H3,(H,39,40). The largest absolute Gasteiger partial charge is 0.493 e.